The molecule has 0 spiro atoms. The quantitative estimate of drug-likeness (QED) is 0.925. The molecule has 0 aliphatic carbocycles. The number of carbonyl (C=O) groups is 1. The highest BCUT2D eigenvalue weighted by molar-refractivity contribution is 9.10. The lowest BCUT2D eigenvalue weighted by Crippen LogP contribution is -2.39. The Balaban J connectivity index is 2.70. The summed E-state index contributed by atoms with van der Waals surface area (Å²) in [5, 5.41) is 2.75. The number of rotatable bonds is 4. The smallest absolute Gasteiger partial charge is 0.254 e. The van der Waals surface area contributed by atoms with Crippen LogP contribution in [0.1, 0.15) is 17.3 Å². The average Bonchev–Trinajstić information content (AvgIpc) is 2.15. The molecule has 1 rings (SSSR count). The van der Waals surface area contributed by atoms with Crippen molar-refractivity contribution >= 4 is 21.8 Å². The minimum absolute atomic E-state index is 0.0273. The third kappa shape index (κ3) is 4.44. The third-order valence-electron chi connectivity index (χ3n) is 2.19. The van der Waals surface area contributed by atoms with Gasteiger partial charge < -0.3 is 10.2 Å². The zero-order valence-electron chi connectivity index (χ0n) is 10.1. The van der Waals surface area contributed by atoms with Gasteiger partial charge in [0, 0.05) is 17.1 Å². The van der Waals surface area contributed by atoms with Gasteiger partial charge in [-0.15, -0.1) is 0 Å². The van der Waals surface area contributed by atoms with E-state index in [1.807, 2.05) is 25.9 Å². The summed E-state index contributed by atoms with van der Waals surface area (Å²) in [5.74, 6) is -0.904. The fourth-order valence-corrected chi connectivity index (χ4v) is 1.90. The molecule has 5 heteroatoms. The van der Waals surface area contributed by atoms with Crippen LogP contribution < -0.4 is 5.32 Å². The maximum atomic E-state index is 13.5. The molecule has 0 saturated carbocycles. The molecule has 1 amide bonds. The van der Waals surface area contributed by atoms with E-state index in [0.717, 1.165) is 0 Å². The van der Waals surface area contributed by atoms with Crippen LogP contribution in [0.3, 0.4) is 0 Å². The summed E-state index contributed by atoms with van der Waals surface area (Å²) >= 11 is 3.15. The van der Waals surface area contributed by atoms with E-state index in [0.29, 0.717) is 11.0 Å². The molecule has 1 aromatic carbocycles. The number of amides is 1. The van der Waals surface area contributed by atoms with Gasteiger partial charge in [-0.05, 0) is 39.2 Å². The molecular formula is C12H16BrFN2O. The monoisotopic (exact) mass is 302 g/mol. The van der Waals surface area contributed by atoms with Crippen LogP contribution in [0.5, 0.6) is 0 Å². The van der Waals surface area contributed by atoms with Gasteiger partial charge in [-0.2, -0.15) is 0 Å². The molecule has 0 bridgehead atoms. The van der Waals surface area contributed by atoms with Crippen LogP contribution in [-0.2, 0) is 0 Å². The Kier molecular flexibility index (Phi) is 5.08. The van der Waals surface area contributed by atoms with Crippen LogP contribution in [-0.4, -0.2) is 37.5 Å². The van der Waals surface area contributed by atoms with Gasteiger partial charge in [0.1, 0.15) is 5.82 Å². The normalized spacial score (nSPS) is 12.6. The van der Waals surface area contributed by atoms with E-state index in [9.17, 15) is 9.18 Å². The summed E-state index contributed by atoms with van der Waals surface area (Å²) in [6, 6.07) is 4.37. The highest BCUT2D eigenvalue weighted by Crippen LogP contribution is 2.15. The molecule has 0 aliphatic heterocycles. The lowest BCUT2D eigenvalue weighted by Gasteiger charge is -2.18. The Morgan fingerprint density at radius 3 is 2.71 bits per heavy atom. The van der Waals surface area contributed by atoms with Gasteiger partial charge >= 0.3 is 0 Å². The Hall–Kier alpha value is -0.940. The zero-order chi connectivity index (χ0) is 13.0. The fraction of sp³-hybridized carbons (Fsp3) is 0.417. The second-order valence-corrected chi connectivity index (χ2v) is 5.18. The van der Waals surface area contributed by atoms with Gasteiger partial charge in [0.25, 0.3) is 5.91 Å². The first kappa shape index (κ1) is 14.1. The Bertz CT molecular complexity index is 409. The minimum atomic E-state index is -0.520. The fourth-order valence-electron chi connectivity index (χ4n) is 1.57. The summed E-state index contributed by atoms with van der Waals surface area (Å²) in [6.07, 6.45) is 0. The second kappa shape index (κ2) is 6.12. The molecule has 0 saturated heterocycles. The van der Waals surface area contributed by atoms with Gasteiger partial charge in [-0.1, -0.05) is 15.9 Å². The summed E-state index contributed by atoms with van der Waals surface area (Å²) in [7, 11) is 3.84. The van der Waals surface area contributed by atoms with Crippen molar-refractivity contribution in [2.75, 3.05) is 20.6 Å². The predicted molar refractivity (Wildman–Crippen MR) is 69.6 cm³/mol. The molecule has 0 heterocycles. The molecule has 1 N–H and O–H groups in total. The van der Waals surface area contributed by atoms with Crippen LogP contribution in [0.25, 0.3) is 0 Å². The summed E-state index contributed by atoms with van der Waals surface area (Å²) in [6.45, 7) is 2.60. The largest absolute Gasteiger partial charge is 0.348 e. The molecule has 1 atom stereocenters. The molecule has 0 radical (unpaired) electrons. The van der Waals surface area contributed by atoms with Crippen molar-refractivity contribution in [3.63, 3.8) is 0 Å². The van der Waals surface area contributed by atoms with Crippen LogP contribution in [0.4, 0.5) is 4.39 Å². The third-order valence-corrected chi connectivity index (χ3v) is 2.69. The molecule has 1 unspecified atom stereocenters. The number of nitrogens with zero attached hydrogens (tertiary/aromatic N) is 1. The van der Waals surface area contributed by atoms with Gasteiger partial charge in [-0.3, -0.25) is 4.79 Å². The van der Waals surface area contributed by atoms with Gasteiger partial charge in [-0.25, -0.2) is 4.39 Å². The molecule has 17 heavy (non-hydrogen) atoms. The van der Waals surface area contributed by atoms with Crippen molar-refractivity contribution in [2.24, 2.45) is 0 Å². The number of carbonyl (C=O) groups excluding carboxylic acids is 1. The van der Waals surface area contributed by atoms with E-state index in [1.54, 1.807) is 6.07 Å². The van der Waals surface area contributed by atoms with Crippen molar-refractivity contribution in [3.05, 3.63) is 34.1 Å². The summed E-state index contributed by atoms with van der Waals surface area (Å²) in [4.78, 5) is 13.7. The molecule has 94 valence electrons. The van der Waals surface area contributed by atoms with Gasteiger partial charge in [0.05, 0.1) is 5.56 Å². The van der Waals surface area contributed by atoms with E-state index >= 15 is 0 Å². The standard InChI is InChI=1S/C12H16BrFN2O/c1-8(7-16(2)3)15-12(17)10-5-4-9(13)6-11(10)14/h4-6,8H,7H2,1-3H3,(H,15,17). The minimum Gasteiger partial charge on any atom is -0.348 e. The molecule has 3 nitrogen and oxygen atoms in total. The van der Waals surface area contributed by atoms with E-state index in [4.69, 9.17) is 0 Å². The SMILES string of the molecule is CC(CN(C)C)NC(=O)c1ccc(Br)cc1F. The van der Waals surface area contributed by atoms with Crippen LogP contribution >= 0.6 is 15.9 Å². The highest BCUT2D eigenvalue weighted by atomic mass is 79.9. The zero-order valence-corrected chi connectivity index (χ0v) is 11.7. The molecule has 0 aromatic heterocycles. The predicted octanol–water partition coefficient (Wildman–Crippen LogP) is 2.27. The number of nitrogens with one attached hydrogen (secondary N) is 1. The first-order chi connectivity index (χ1) is 7.90. The van der Waals surface area contributed by atoms with Crippen molar-refractivity contribution in [1.82, 2.24) is 10.2 Å². The maximum Gasteiger partial charge on any atom is 0.254 e. The first-order valence-corrected chi connectivity index (χ1v) is 6.10. The number of halogens is 2. The van der Waals surface area contributed by atoms with Crippen LogP contribution in [0.15, 0.2) is 22.7 Å². The molecular weight excluding hydrogens is 287 g/mol. The van der Waals surface area contributed by atoms with E-state index in [1.165, 1.54) is 12.1 Å². The number of likely N-dealkylation sites (N-methyl/N-ethyl adjacent to an activating group) is 1. The number of hydrogen-bond acceptors (Lipinski definition) is 2. The maximum absolute atomic E-state index is 13.5. The summed E-state index contributed by atoms with van der Waals surface area (Å²) in [5.41, 5.74) is 0.0683. The van der Waals surface area contributed by atoms with Crippen molar-refractivity contribution in [3.8, 4) is 0 Å². The molecule has 0 aliphatic rings. The number of benzene rings is 1. The number of hydrogen-bond donors (Lipinski definition) is 1. The van der Waals surface area contributed by atoms with Crippen molar-refractivity contribution in [2.45, 2.75) is 13.0 Å². The Labute approximate surface area is 109 Å². The van der Waals surface area contributed by atoms with E-state index in [2.05, 4.69) is 21.2 Å². The summed E-state index contributed by atoms with van der Waals surface area (Å²) < 4.78 is 14.1. The lowest BCUT2D eigenvalue weighted by molar-refractivity contribution is 0.0930. The van der Waals surface area contributed by atoms with Crippen molar-refractivity contribution in [1.29, 1.82) is 0 Å². The lowest BCUT2D eigenvalue weighted by atomic mass is 10.2. The molecule has 1 aromatic rings. The van der Waals surface area contributed by atoms with Crippen LogP contribution in [0.2, 0.25) is 0 Å². The topological polar surface area (TPSA) is 32.3 Å². The van der Waals surface area contributed by atoms with E-state index < -0.39 is 5.82 Å². The average molecular weight is 303 g/mol. The van der Waals surface area contributed by atoms with Crippen molar-refractivity contribution < 1.29 is 9.18 Å². The highest BCUT2D eigenvalue weighted by Gasteiger charge is 2.14. The molecule has 0 fully saturated rings. The van der Waals surface area contributed by atoms with Crippen LogP contribution in [0, 0.1) is 5.82 Å². The van der Waals surface area contributed by atoms with E-state index in [-0.39, 0.29) is 17.5 Å². The van der Waals surface area contributed by atoms with Gasteiger partial charge in [0.15, 0.2) is 0 Å². The Morgan fingerprint density at radius 2 is 2.18 bits per heavy atom. The Morgan fingerprint density at radius 1 is 1.53 bits per heavy atom. The second-order valence-electron chi connectivity index (χ2n) is 4.26. The van der Waals surface area contributed by atoms with Gasteiger partial charge in [0.2, 0.25) is 0 Å². The first-order valence-electron chi connectivity index (χ1n) is 5.31.